The third-order valence-corrected chi connectivity index (χ3v) is 4.97. The summed E-state index contributed by atoms with van der Waals surface area (Å²) in [5.41, 5.74) is 0.505. The summed E-state index contributed by atoms with van der Waals surface area (Å²) in [4.78, 5) is 12.1. The number of hydrogen-bond acceptors (Lipinski definition) is 2. The number of piperidine rings is 1. The second-order valence-corrected chi connectivity index (χ2v) is 6.80. The van der Waals surface area contributed by atoms with E-state index >= 15 is 0 Å². The van der Waals surface area contributed by atoms with Crippen LogP contribution in [0.4, 0.5) is 5.69 Å². The van der Waals surface area contributed by atoms with Crippen molar-refractivity contribution in [1.82, 2.24) is 5.32 Å². The van der Waals surface area contributed by atoms with Gasteiger partial charge in [0.15, 0.2) is 0 Å². The Labute approximate surface area is 140 Å². The number of rotatable bonds is 4. The van der Waals surface area contributed by atoms with Gasteiger partial charge in [-0.3, -0.25) is 4.79 Å². The molecule has 0 spiro atoms. The molecule has 1 fully saturated rings. The van der Waals surface area contributed by atoms with Crippen LogP contribution < -0.4 is 10.6 Å². The molecule has 0 aromatic heterocycles. The minimum absolute atomic E-state index is 0.0478. The van der Waals surface area contributed by atoms with Crippen LogP contribution in [0.15, 0.2) is 12.1 Å². The molecule has 2 N–H and O–H groups in total. The van der Waals surface area contributed by atoms with Crippen molar-refractivity contribution in [3.8, 4) is 0 Å². The van der Waals surface area contributed by atoms with Crippen LogP contribution in [-0.2, 0) is 4.79 Å². The molecule has 1 aliphatic rings. The summed E-state index contributed by atoms with van der Waals surface area (Å²) < 4.78 is 0. The Morgan fingerprint density at radius 1 is 1.33 bits per heavy atom. The highest BCUT2D eigenvalue weighted by Crippen LogP contribution is 2.32. The molecular formula is C15H19Cl3N2O. The monoisotopic (exact) mass is 348 g/mol. The number of halogens is 3. The van der Waals surface area contributed by atoms with Crippen LogP contribution in [0.1, 0.15) is 26.2 Å². The molecule has 0 aliphatic carbocycles. The number of benzene rings is 1. The number of hydrogen-bond donors (Lipinski definition) is 2. The molecule has 21 heavy (non-hydrogen) atoms. The van der Waals surface area contributed by atoms with Crippen LogP contribution in [0.3, 0.4) is 0 Å². The first-order valence-electron chi connectivity index (χ1n) is 7.12. The Morgan fingerprint density at radius 3 is 2.71 bits per heavy atom. The molecule has 0 radical (unpaired) electrons. The molecule has 6 heteroatoms. The van der Waals surface area contributed by atoms with E-state index in [0.29, 0.717) is 39.0 Å². The van der Waals surface area contributed by atoms with Crippen molar-refractivity contribution in [2.75, 3.05) is 18.4 Å². The highest BCUT2D eigenvalue weighted by molar-refractivity contribution is 6.44. The third-order valence-electron chi connectivity index (χ3n) is 3.93. The summed E-state index contributed by atoms with van der Waals surface area (Å²) in [5.74, 6) is 0.835. The van der Waals surface area contributed by atoms with E-state index in [0.717, 1.165) is 13.1 Å². The molecule has 2 unspecified atom stereocenters. The molecule has 2 atom stereocenters. The SMILES string of the molecule is CC(CC(=O)Nc1cc(Cl)c(Cl)cc1Cl)C1CCCNC1. The lowest BCUT2D eigenvalue weighted by Crippen LogP contribution is -2.34. The van der Waals surface area contributed by atoms with Gasteiger partial charge in [-0.1, -0.05) is 41.7 Å². The third kappa shape index (κ3) is 4.75. The Bertz CT molecular complexity index is 516. The van der Waals surface area contributed by atoms with E-state index in [1.165, 1.54) is 18.9 Å². The summed E-state index contributed by atoms with van der Waals surface area (Å²) in [7, 11) is 0. The minimum Gasteiger partial charge on any atom is -0.325 e. The second kappa shape index (κ2) is 7.68. The lowest BCUT2D eigenvalue weighted by Gasteiger charge is -2.28. The van der Waals surface area contributed by atoms with Gasteiger partial charge in [-0.2, -0.15) is 0 Å². The summed E-state index contributed by atoms with van der Waals surface area (Å²) in [6, 6.07) is 3.12. The first kappa shape index (κ1) is 16.9. The predicted octanol–water partition coefficient (Wildman–Crippen LogP) is 4.61. The Balaban J connectivity index is 1.93. The molecule has 1 aromatic rings. The molecule has 0 bridgehead atoms. The number of carbonyl (C=O) groups is 1. The summed E-state index contributed by atoms with van der Waals surface area (Å²) in [5, 5.41) is 7.34. The fraction of sp³-hybridized carbons (Fsp3) is 0.533. The van der Waals surface area contributed by atoms with E-state index in [-0.39, 0.29) is 5.91 Å². The van der Waals surface area contributed by atoms with E-state index in [9.17, 15) is 4.79 Å². The maximum Gasteiger partial charge on any atom is 0.224 e. The number of nitrogens with one attached hydrogen (secondary N) is 2. The maximum atomic E-state index is 12.1. The van der Waals surface area contributed by atoms with E-state index in [4.69, 9.17) is 34.8 Å². The first-order chi connectivity index (χ1) is 9.97. The predicted molar refractivity (Wildman–Crippen MR) is 89.5 cm³/mol. The fourth-order valence-corrected chi connectivity index (χ4v) is 3.24. The largest absolute Gasteiger partial charge is 0.325 e. The molecule has 2 rings (SSSR count). The topological polar surface area (TPSA) is 41.1 Å². The van der Waals surface area contributed by atoms with Crippen LogP contribution in [-0.4, -0.2) is 19.0 Å². The Hall–Kier alpha value is -0.480. The lowest BCUT2D eigenvalue weighted by molar-refractivity contribution is -0.117. The molecule has 0 saturated carbocycles. The minimum atomic E-state index is -0.0478. The van der Waals surface area contributed by atoms with Crippen molar-refractivity contribution < 1.29 is 4.79 Å². The van der Waals surface area contributed by atoms with Crippen molar-refractivity contribution in [3.05, 3.63) is 27.2 Å². The van der Waals surface area contributed by atoms with Crippen molar-refractivity contribution in [2.45, 2.75) is 26.2 Å². The van der Waals surface area contributed by atoms with Gasteiger partial charge in [-0.25, -0.2) is 0 Å². The highest BCUT2D eigenvalue weighted by atomic mass is 35.5. The second-order valence-electron chi connectivity index (χ2n) is 5.58. The normalized spacial score (nSPS) is 20.1. The molecule has 1 heterocycles. The summed E-state index contributed by atoms with van der Waals surface area (Å²) in [6.45, 7) is 4.18. The van der Waals surface area contributed by atoms with E-state index < -0.39 is 0 Å². The zero-order valence-electron chi connectivity index (χ0n) is 11.9. The number of anilines is 1. The molecule has 3 nitrogen and oxygen atoms in total. The van der Waals surface area contributed by atoms with Gasteiger partial charge in [-0.15, -0.1) is 0 Å². The lowest BCUT2D eigenvalue weighted by atomic mass is 9.85. The van der Waals surface area contributed by atoms with Crippen molar-refractivity contribution >= 4 is 46.4 Å². The van der Waals surface area contributed by atoms with E-state index in [1.54, 1.807) is 6.07 Å². The maximum absolute atomic E-state index is 12.1. The zero-order valence-corrected chi connectivity index (χ0v) is 14.2. The van der Waals surface area contributed by atoms with Crippen molar-refractivity contribution in [1.29, 1.82) is 0 Å². The van der Waals surface area contributed by atoms with Crippen molar-refractivity contribution in [2.24, 2.45) is 11.8 Å². The molecule has 1 aromatic carbocycles. The van der Waals surface area contributed by atoms with Gasteiger partial charge >= 0.3 is 0 Å². The van der Waals surface area contributed by atoms with E-state index in [1.807, 2.05) is 0 Å². The Morgan fingerprint density at radius 2 is 2.05 bits per heavy atom. The molecule has 116 valence electrons. The average Bonchev–Trinajstić information content (AvgIpc) is 2.45. The van der Waals surface area contributed by atoms with Crippen LogP contribution in [0.25, 0.3) is 0 Å². The van der Waals surface area contributed by atoms with Gasteiger partial charge in [0.25, 0.3) is 0 Å². The average molecular weight is 350 g/mol. The smallest absolute Gasteiger partial charge is 0.224 e. The van der Waals surface area contributed by atoms with Gasteiger partial charge in [0, 0.05) is 6.42 Å². The van der Waals surface area contributed by atoms with Gasteiger partial charge in [-0.05, 0) is 49.9 Å². The van der Waals surface area contributed by atoms with Crippen LogP contribution >= 0.6 is 34.8 Å². The highest BCUT2D eigenvalue weighted by Gasteiger charge is 2.22. The van der Waals surface area contributed by atoms with Crippen LogP contribution in [0.2, 0.25) is 15.1 Å². The van der Waals surface area contributed by atoms with Crippen LogP contribution in [0, 0.1) is 11.8 Å². The number of amides is 1. The first-order valence-corrected chi connectivity index (χ1v) is 8.26. The standard InChI is InChI=1S/C15H19Cl3N2O/c1-9(10-3-2-4-19-8-10)5-15(21)20-14-7-12(17)11(16)6-13(14)18/h6-7,9-10,19H,2-5,8H2,1H3,(H,20,21). The van der Waals surface area contributed by atoms with E-state index in [2.05, 4.69) is 17.6 Å². The number of carbonyl (C=O) groups excluding carboxylic acids is 1. The summed E-state index contributed by atoms with van der Waals surface area (Å²) >= 11 is 17.9. The molecular weight excluding hydrogens is 331 g/mol. The van der Waals surface area contributed by atoms with Gasteiger partial charge < -0.3 is 10.6 Å². The summed E-state index contributed by atoms with van der Waals surface area (Å²) in [6.07, 6.45) is 2.83. The van der Waals surface area contributed by atoms with Gasteiger partial charge in [0.2, 0.25) is 5.91 Å². The quantitative estimate of drug-likeness (QED) is 0.779. The zero-order chi connectivity index (χ0) is 15.4. The molecule has 1 amide bonds. The van der Waals surface area contributed by atoms with Gasteiger partial charge in [0.05, 0.1) is 20.8 Å². The Kier molecular flexibility index (Phi) is 6.18. The molecule has 1 aliphatic heterocycles. The fourth-order valence-electron chi connectivity index (χ4n) is 2.64. The van der Waals surface area contributed by atoms with Gasteiger partial charge in [0.1, 0.15) is 0 Å². The van der Waals surface area contributed by atoms with Crippen LogP contribution in [0.5, 0.6) is 0 Å². The molecule has 1 saturated heterocycles. The van der Waals surface area contributed by atoms with Crippen molar-refractivity contribution in [3.63, 3.8) is 0 Å².